The molecule has 0 aromatic rings. The van der Waals surface area contributed by atoms with Gasteiger partial charge in [0.25, 0.3) is 0 Å². The Kier molecular flexibility index (Phi) is 5.56. The molecule has 0 aliphatic heterocycles. The molecule has 0 atom stereocenters. The summed E-state index contributed by atoms with van der Waals surface area (Å²) >= 11 is 0. The van der Waals surface area contributed by atoms with Gasteiger partial charge in [-0.2, -0.15) is 0 Å². The van der Waals surface area contributed by atoms with Gasteiger partial charge in [-0.05, 0) is 26.8 Å². The first kappa shape index (κ1) is 13.3. The third kappa shape index (κ3) is 5.83. The Balaban J connectivity index is 4.31. The average Bonchev–Trinajstić information content (AvgIpc) is 1.97. The van der Waals surface area contributed by atoms with Gasteiger partial charge in [0.05, 0.1) is 11.5 Å². The van der Waals surface area contributed by atoms with Crippen LogP contribution in [0.3, 0.4) is 0 Å². The fourth-order valence-electron chi connectivity index (χ4n) is 1.28. The molecule has 0 aliphatic rings. The van der Waals surface area contributed by atoms with E-state index in [1.165, 1.54) is 0 Å². The van der Waals surface area contributed by atoms with Gasteiger partial charge >= 0.3 is 8.56 Å². The summed E-state index contributed by atoms with van der Waals surface area (Å²) in [6.45, 7) is 13.8. The molecule has 0 bridgehead atoms. The predicted molar refractivity (Wildman–Crippen MR) is 61.9 cm³/mol. The molecular weight excluding hydrogens is 194 g/mol. The molecule has 2 N–H and O–H groups in total. The third-order valence-electron chi connectivity index (χ3n) is 1.62. The van der Waals surface area contributed by atoms with E-state index in [1.54, 1.807) is 0 Å². The summed E-state index contributed by atoms with van der Waals surface area (Å²) in [4.78, 5) is 0. The van der Waals surface area contributed by atoms with E-state index in [0.717, 1.165) is 12.5 Å². The Bertz CT molecular complexity index is 200. The van der Waals surface area contributed by atoms with Crippen molar-refractivity contribution in [3.8, 4) is 0 Å². The minimum absolute atomic E-state index is 0.654. The van der Waals surface area contributed by atoms with Crippen LogP contribution in [0.5, 0.6) is 0 Å². The lowest BCUT2D eigenvalue weighted by Gasteiger charge is -2.28. The Hall–Kier alpha value is -0.743. The lowest BCUT2D eigenvalue weighted by Crippen LogP contribution is -2.37. The van der Waals surface area contributed by atoms with Gasteiger partial charge in [-0.25, -0.2) is 0 Å². The molecule has 0 saturated heterocycles. The van der Waals surface area contributed by atoms with Gasteiger partial charge in [0.15, 0.2) is 0 Å². The van der Waals surface area contributed by atoms with Crippen LogP contribution in [0.25, 0.3) is 0 Å². The fourth-order valence-corrected chi connectivity index (χ4v) is 3.85. The van der Waals surface area contributed by atoms with Crippen molar-refractivity contribution in [2.24, 2.45) is 5.73 Å². The highest BCUT2D eigenvalue weighted by atomic mass is 28.4. The molecule has 82 valence electrons. The molecule has 0 rings (SSSR count). The molecule has 0 heterocycles. The second kappa shape index (κ2) is 5.88. The molecule has 0 saturated carbocycles. The highest BCUT2D eigenvalue weighted by Gasteiger charge is 2.34. The molecule has 0 fully saturated rings. The molecule has 0 aromatic carbocycles. The maximum atomic E-state index is 5.66. The van der Waals surface area contributed by atoms with E-state index >= 15 is 0 Å². The first-order valence-electron chi connectivity index (χ1n) is 4.79. The van der Waals surface area contributed by atoms with Crippen molar-refractivity contribution in [2.75, 3.05) is 6.54 Å². The van der Waals surface area contributed by atoms with Crippen LogP contribution in [0.2, 0.25) is 12.6 Å². The van der Waals surface area contributed by atoms with Gasteiger partial charge < -0.3 is 14.6 Å². The van der Waals surface area contributed by atoms with Crippen LogP contribution in [0.4, 0.5) is 0 Å². The van der Waals surface area contributed by atoms with E-state index in [4.69, 9.17) is 14.6 Å². The second-order valence-electron chi connectivity index (χ2n) is 3.63. The third-order valence-corrected chi connectivity index (χ3v) is 4.44. The molecule has 0 unspecified atom stereocenters. The fraction of sp³-hybridized carbons (Fsp3) is 0.600. The smallest absolute Gasteiger partial charge is 0.456 e. The summed E-state index contributed by atoms with van der Waals surface area (Å²) < 4.78 is 11.3. The minimum atomic E-state index is -2.18. The van der Waals surface area contributed by atoms with Gasteiger partial charge in [-0.3, -0.25) is 0 Å². The lowest BCUT2D eigenvalue weighted by molar-refractivity contribution is 0.268. The number of allylic oxidation sites excluding steroid dienone is 2. The highest BCUT2D eigenvalue weighted by Crippen LogP contribution is 2.20. The highest BCUT2D eigenvalue weighted by molar-refractivity contribution is 6.66. The Morgan fingerprint density at radius 2 is 1.64 bits per heavy atom. The number of rotatable bonds is 7. The van der Waals surface area contributed by atoms with E-state index in [1.807, 2.05) is 20.4 Å². The quantitative estimate of drug-likeness (QED) is 0.524. The molecule has 0 radical (unpaired) electrons. The standard InChI is InChI=1S/C10H21NO2Si/c1-9(2)12-14(5,8-6-7-11)13-10(3)4/h1,3,6-8,11H2,2,4-5H3. The molecule has 14 heavy (non-hydrogen) atoms. The summed E-state index contributed by atoms with van der Waals surface area (Å²) in [5, 5.41) is 0. The monoisotopic (exact) mass is 215 g/mol. The van der Waals surface area contributed by atoms with Crippen LogP contribution >= 0.6 is 0 Å². The SMILES string of the molecule is C=C(C)O[Si](C)(CCCN)OC(=C)C. The molecular formula is C10H21NO2Si. The van der Waals surface area contributed by atoms with Gasteiger partial charge in [-0.15, -0.1) is 0 Å². The van der Waals surface area contributed by atoms with Gasteiger partial charge in [0.2, 0.25) is 0 Å². The number of hydrogen-bond donors (Lipinski definition) is 1. The summed E-state index contributed by atoms with van der Waals surface area (Å²) in [5.74, 6) is 1.38. The maximum absolute atomic E-state index is 5.66. The van der Waals surface area contributed by atoms with Gasteiger partial charge in [-0.1, -0.05) is 13.2 Å². The Morgan fingerprint density at radius 1 is 1.21 bits per heavy atom. The molecule has 0 aromatic heterocycles. The van der Waals surface area contributed by atoms with Crippen molar-refractivity contribution < 1.29 is 8.85 Å². The Morgan fingerprint density at radius 3 is 1.93 bits per heavy atom. The van der Waals surface area contributed by atoms with Crippen LogP contribution in [-0.2, 0) is 8.85 Å². The van der Waals surface area contributed by atoms with Crippen LogP contribution in [0, 0.1) is 0 Å². The zero-order valence-corrected chi connectivity index (χ0v) is 10.4. The molecule has 4 heteroatoms. The summed E-state index contributed by atoms with van der Waals surface area (Å²) in [5.41, 5.74) is 5.46. The summed E-state index contributed by atoms with van der Waals surface area (Å²) in [6.07, 6.45) is 0.906. The van der Waals surface area contributed by atoms with Gasteiger partial charge in [0.1, 0.15) is 0 Å². The topological polar surface area (TPSA) is 44.5 Å². The van der Waals surface area contributed by atoms with Gasteiger partial charge in [0, 0.05) is 12.6 Å². The molecule has 0 aliphatic carbocycles. The van der Waals surface area contributed by atoms with E-state index in [9.17, 15) is 0 Å². The number of nitrogens with two attached hydrogens (primary N) is 1. The predicted octanol–water partition coefficient (Wildman–Crippen LogP) is 2.51. The zero-order valence-electron chi connectivity index (χ0n) is 9.43. The normalized spacial score (nSPS) is 10.9. The number of hydrogen-bond acceptors (Lipinski definition) is 3. The minimum Gasteiger partial charge on any atom is -0.517 e. The Labute approximate surface area is 87.8 Å². The van der Waals surface area contributed by atoms with Crippen LogP contribution in [0.1, 0.15) is 20.3 Å². The summed E-state index contributed by atoms with van der Waals surface area (Å²) in [7, 11) is -2.18. The average molecular weight is 215 g/mol. The van der Waals surface area contributed by atoms with Crippen molar-refractivity contribution >= 4 is 8.56 Å². The van der Waals surface area contributed by atoms with Crippen molar-refractivity contribution in [2.45, 2.75) is 32.9 Å². The van der Waals surface area contributed by atoms with Crippen LogP contribution in [-0.4, -0.2) is 15.1 Å². The zero-order chi connectivity index (χ0) is 11.2. The largest absolute Gasteiger partial charge is 0.517 e. The van der Waals surface area contributed by atoms with E-state index < -0.39 is 8.56 Å². The molecule has 0 amide bonds. The summed E-state index contributed by atoms with van der Waals surface area (Å²) in [6, 6.07) is 0.864. The van der Waals surface area contributed by atoms with Crippen molar-refractivity contribution in [1.82, 2.24) is 0 Å². The molecule has 0 spiro atoms. The van der Waals surface area contributed by atoms with Crippen molar-refractivity contribution in [1.29, 1.82) is 0 Å². The van der Waals surface area contributed by atoms with E-state index in [2.05, 4.69) is 13.2 Å². The van der Waals surface area contributed by atoms with E-state index in [0.29, 0.717) is 18.1 Å². The van der Waals surface area contributed by atoms with Crippen molar-refractivity contribution in [3.63, 3.8) is 0 Å². The first-order valence-corrected chi connectivity index (χ1v) is 7.31. The first-order chi connectivity index (χ1) is 6.39. The van der Waals surface area contributed by atoms with Crippen LogP contribution in [0.15, 0.2) is 24.7 Å². The van der Waals surface area contributed by atoms with E-state index in [-0.39, 0.29) is 0 Å². The van der Waals surface area contributed by atoms with Crippen molar-refractivity contribution in [3.05, 3.63) is 24.7 Å². The van der Waals surface area contributed by atoms with Crippen LogP contribution < -0.4 is 5.73 Å². The maximum Gasteiger partial charge on any atom is 0.456 e. The second-order valence-corrected chi connectivity index (χ2v) is 6.81. The lowest BCUT2D eigenvalue weighted by atomic mass is 10.5. The molecule has 3 nitrogen and oxygen atoms in total.